The molecule has 0 saturated heterocycles. The maximum absolute atomic E-state index is 13.4. The third kappa shape index (κ3) is 2.46. The molecule has 2 aliphatic rings. The van der Waals surface area contributed by atoms with E-state index in [0.29, 0.717) is 22.4 Å². The largest absolute Gasteiger partial charge is 0.496 e. The average molecular weight is 495 g/mol. The van der Waals surface area contributed by atoms with Gasteiger partial charge in [0.25, 0.3) is 0 Å². The van der Waals surface area contributed by atoms with Crippen LogP contribution in [0.1, 0.15) is 17.3 Å². The van der Waals surface area contributed by atoms with Crippen molar-refractivity contribution in [3.63, 3.8) is 0 Å². The lowest BCUT2D eigenvalue weighted by molar-refractivity contribution is -0.116. The summed E-state index contributed by atoms with van der Waals surface area (Å²) in [6.45, 7) is 1.80. The summed E-state index contributed by atoms with van der Waals surface area (Å²) in [5, 5.41) is 0.521. The van der Waals surface area contributed by atoms with Crippen LogP contribution >= 0.6 is 43.5 Å². The van der Waals surface area contributed by atoms with Gasteiger partial charge in [0.2, 0.25) is 5.78 Å². The van der Waals surface area contributed by atoms with Crippen molar-refractivity contribution in [2.45, 2.75) is 17.4 Å². The minimum absolute atomic E-state index is 0.101. The molecule has 134 valence electrons. The van der Waals surface area contributed by atoms with Gasteiger partial charge in [0.1, 0.15) is 22.1 Å². The molecule has 1 spiro atoms. The third-order valence-corrected chi connectivity index (χ3v) is 6.91. The van der Waals surface area contributed by atoms with Crippen LogP contribution in [-0.4, -0.2) is 41.5 Å². The molecule has 0 unspecified atom stereocenters. The fourth-order valence-corrected chi connectivity index (χ4v) is 4.70. The van der Waals surface area contributed by atoms with Crippen LogP contribution < -0.4 is 14.2 Å². The van der Waals surface area contributed by atoms with E-state index in [9.17, 15) is 9.59 Å². The smallest absolute Gasteiger partial charge is 0.218 e. The number of hydrogen-bond acceptors (Lipinski definition) is 5. The Kier molecular flexibility index (Phi) is 4.94. The summed E-state index contributed by atoms with van der Waals surface area (Å²) in [6.07, 6.45) is 1.45. The highest BCUT2D eigenvalue weighted by atomic mass is 79.9. The molecule has 1 aliphatic heterocycles. The second kappa shape index (κ2) is 6.59. The zero-order valence-electron chi connectivity index (χ0n) is 13.7. The van der Waals surface area contributed by atoms with Gasteiger partial charge in [0, 0.05) is 17.3 Å². The number of benzene rings is 1. The summed E-state index contributed by atoms with van der Waals surface area (Å²) in [5.41, 5.74) is -0.503. The Balaban J connectivity index is 2.28. The van der Waals surface area contributed by atoms with Crippen molar-refractivity contribution in [2.24, 2.45) is 5.92 Å². The number of Topliss-reactive ketones (excluding diaryl/α,β-unsaturated/α-hetero) is 1. The van der Waals surface area contributed by atoms with Gasteiger partial charge >= 0.3 is 0 Å². The molecular formula is C17H15Br2ClO5. The van der Waals surface area contributed by atoms with Gasteiger partial charge in [-0.25, -0.2) is 0 Å². The number of ketones is 2. The molecule has 0 amide bonds. The topological polar surface area (TPSA) is 61.8 Å². The van der Waals surface area contributed by atoms with E-state index in [-0.39, 0.29) is 27.9 Å². The van der Waals surface area contributed by atoms with E-state index in [1.807, 2.05) is 0 Å². The number of methoxy groups -OCH3 is 2. The second-order valence-corrected chi connectivity index (χ2v) is 7.79. The van der Waals surface area contributed by atoms with Gasteiger partial charge < -0.3 is 14.2 Å². The van der Waals surface area contributed by atoms with E-state index < -0.39 is 16.3 Å². The van der Waals surface area contributed by atoms with Crippen LogP contribution in [0, 0.1) is 5.92 Å². The van der Waals surface area contributed by atoms with Crippen LogP contribution in [0.5, 0.6) is 17.2 Å². The summed E-state index contributed by atoms with van der Waals surface area (Å²) >= 11 is 13.1. The first-order valence-electron chi connectivity index (χ1n) is 7.46. The van der Waals surface area contributed by atoms with E-state index in [2.05, 4.69) is 31.9 Å². The Morgan fingerprint density at radius 3 is 2.48 bits per heavy atom. The number of rotatable bonds is 3. The Morgan fingerprint density at radius 1 is 1.28 bits per heavy atom. The number of allylic oxidation sites excluding steroid dienone is 1. The van der Waals surface area contributed by atoms with Crippen molar-refractivity contribution in [3.8, 4) is 17.2 Å². The van der Waals surface area contributed by atoms with Gasteiger partial charge in [0.15, 0.2) is 17.1 Å². The van der Waals surface area contributed by atoms with E-state index in [0.717, 1.165) is 0 Å². The number of halogens is 3. The molecule has 5 nitrogen and oxygen atoms in total. The molecule has 1 aromatic carbocycles. The fourth-order valence-electron chi connectivity index (χ4n) is 3.35. The lowest BCUT2D eigenvalue weighted by Crippen LogP contribution is -2.55. The molecule has 0 aromatic heterocycles. The quantitative estimate of drug-likeness (QED) is 0.595. The SMILES string of the molecule is COc1cc(OC)c2c(c1Cl)O[C@]1(C2=O)C(CBr)=CC(=O)[C@H](Br)[C@H]1C. The Morgan fingerprint density at radius 2 is 1.92 bits per heavy atom. The fraction of sp³-hybridized carbons (Fsp3) is 0.412. The summed E-state index contributed by atoms with van der Waals surface area (Å²) in [5.74, 6) is 0.0677. The standard InChI is InChI=1S/C17H15Br2ClO5/c1-7-13(19)9(21)4-8(6-18)17(7)16(22)12-10(23-2)5-11(24-3)14(20)15(12)25-17/h4-5,7,13H,6H2,1-3H3/t7-,13-,17+/m1/s1. The van der Waals surface area contributed by atoms with Crippen LogP contribution in [0.2, 0.25) is 5.02 Å². The molecule has 3 rings (SSSR count). The van der Waals surface area contributed by atoms with Crippen LogP contribution in [-0.2, 0) is 4.79 Å². The minimum atomic E-state index is -1.32. The van der Waals surface area contributed by atoms with Crippen molar-refractivity contribution in [1.82, 2.24) is 0 Å². The van der Waals surface area contributed by atoms with Gasteiger partial charge in [-0.2, -0.15) is 0 Å². The van der Waals surface area contributed by atoms with E-state index >= 15 is 0 Å². The summed E-state index contributed by atoms with van der Waals surface area (Å²) < 4.78 is 16.8. The predicted molar refractivity (Wildman–Crippen MR) is 101 cm³/mol. The molecule has 8 heteroatoms. The molecule has 0 radical (unpaired) electrons. The highest BCUT2D eigenvalue weighted by Gasteiger charge is 2.60. The predicted octanol–water partition coefficient (Wildman–Crippen LogP) is 3.97. The lowest BCUT2D eigenvalue weighted by Gasteiger charge is -2.39. The normalized spacial score (nSPS) is 27.8. The minimum Gasteiger partial charge on any atom is -0.496 e. The maximum Gasteiger partial charge on any atom is 0.218 e. The van der Waals surface area contributed by atoms with Gasteiger partial charge in [-0.15, -0.1) is 0 Å². The zero-order valence-corrected chi connectivity index (χ0v) is 17.6. The second-order valence-electron chi connectivity index (χ2n) is 5.86. The number of carbonyl (C=O) groups is 2. The van der Waals surface area contributed by atoms with Crippen molar-refractivity contribution in [1.29, 1.82) is 0 Å². The summed E-state index contributed by atoms with van der Waals surface area (Å²) in [6, 6.07) is 1.56. The van der Waals surface area contributed by atoms with Crippen LogP contribution in [0.4, 0.5) is 0 Å². The summed E-state index contributed by atoms with van der Waals surface area (Å²) in [7, 11) is 2.93. The van der Waals surface area contributed by atoms with Gasteiger partial charge in [0.05, 0.1) is 19.0 Å². The molecule has 3 atom stereocenters. The molecular weight excluding hydrogens is 479 g/mol. The molecule has 0 fully saturated rings. The number of alkyl halides is 2. The van der Waals surface area contributed by atoms with Crippen LogP contribution in [0.3, 0.4) is 0 Å². The Labute approximate surface area is 166 Å². The van der Waals surface area contributed by atoms with Gasteiger partial charge in [-0.1, -0.05) is 50.4 Å². The molecule has 1 heterocycles. The highest BCUT2D eigenvalue weighted by molar-refractivity contribution is 9.10. The number of ether oxygens (including phenoxy) is 3. The van der Waals surface area contributed by atoms with E-state index in [4.69, 9.17) is 25.8 Å². The Bertz CT molecular complexity index is 807. The first kappa shape index (κ1) is 18.7. The molecule has 25 heavy (non-hydrogen) atoms. The molecule has 0 saturated carbocycles. The number of fused-ring (bicyclic) bond motifs is 1. The highest BCUT2D eigenvalue weighted by Crippen LogP contribution is 2.55. The molecule has 0 bridgehead atoms. The number of carbonyl (C=O) groups excluding carboxylic acids is 2. The van der Waals surface area contributed by atoms with Crippen molar-refractivity contribution >= 4 is 55.0 Å². The first-order valence-corrected chi connectivity index (χ1v) is 9.88. The molecule has 1 aliphatic carbocycles. The van der Waals surface area contributed by atoms with Crippen LogP contribution in [0.15, 0.2) is 17.7 Å². The van der Waals surface area contributed by atoms with E-state index in [1.54, 1.807) is 13.0 Å². The monoisotopic (exact) mass is 492 g/mol. The Hall–Kier alpha value is -1.05. The van der Waals surface area contributed by atoms with E-state index in [1.165, 1.54) is 20.3 Å². The van der Waals surface area contributed by atoms with Gasteiger partial charge in [-0.05, 0) is 11.6 Å². The van der Waals surface area contributed by atoms with Crippen molar-refractivity contribution < 1.29 is 23.8 Å². The molecule has 1 aromatic rings. The molecule has 0 N–H and O–H groups in total. The van der Waals surface area contributed by atoms with Gasteiger partial charge in [-0.3, -0.25) is 9.59 Å². The average Bonchev–Trinajstić information content (AvgIpc) is 2.92. The lowest BCUT2D eigenvalue weighted by atomic mass is 9.72. The van der Waals surface area contributed by atoms with Crippen molar-refractivity contribution in [3.05, 3.63) is 28.3 Å². The van der Waals surface area contributed by atoms with Crippen LogP contribution in [0.25, 0.3) is 0 Å². The third-order valence-electron chi connectivity index (χ3n) is 4.71. The first-order chi connectivity index (χ1) is 11.8. The summed E-state index contributed by atoms with van der Waals surface area (Å²) in [4.78, 5) is 25.1. The van der Waals surface area contributed by atoms with Crippen molar-refractivity contribution in [2.75, 3.05) is 19.5 Å². The number of hydrogen-bond donors (Lipinski definition) is 0. The maximum atomic E-state index is 13.4. The zero-order chi connectivity index (χ0) is 18.5.